The minimum atomic E-state index is -0.390. The van der Waals surface area contributed by atoms with Crippen molar-refractivity contribution < 1.29 is 14.3 Å². The first-order valence-electron chi connectivity index (χ1n) is 6.44. The molecule has 0 N–H and O–H groups in total. The lowest BCUT2D eigenvalue weighted by Crippen LogP contribution is -2.11. The number of hydrogen-bond acceptors (Lipinski definition) is 3. The Labute approximate surface area is 98.6 Å². The summed E-state index contributed by atoms with van der Waals surface area (Å²) in [6.07, 6.45) is 8.23. The van der Waals surface area contributed by atoms with Gasteiger partial charge in [0, 0.05) is 12.8 Å². The van der Waals surface area contributed by atoms with Crippen molar-refractivity contribution in [2.24, 2.45) is 0 Å². The Hall–Kier alpha value is -0.860. The van der Waals surface area contributed by atoms with E-state index in [-0.39, 0.29) is 5.97 Å². The molecule has 3 nitrogen and oxygen atoms in total. The molecule has 0 aliphatic rings. The van der Waals surface area contributed by atoms with Crippen LogP contribution in [0.4, 0.5) is 0 Å². The Balaban J connectivity index is 3.33. The summed E-state index contributed by atoms with van der Waals surface area (Å²) in [4.78, 5) is 22.2. The van der Waals surface area contributed by atoms with Gasteiger partial charge in [0.15, 0.2) is 0 Å². The maximum absolute atomic E-state index is 11.2. The van der Waals surface area contributed by atoms with Crippen LogP contribution in [0, 0.1) is 0 Å². The first-order chi connectivity index (χ1) is 7.70. The second-order valence-electron chi connectivity index (χ2n) is 4.11. The average Bonchev–Trinajstić information content (AvgIpc) is 2.23. The van der Waals surface area contributed by atoms with Gasteiger partial charge in [-0.25, -0.2) is 0 Å². The zero-order valence-corrected chi connectivity index (χ0v) is 10.6. The Morgan fingerprint density at radius 2 is 1.31 bits per heavy atom. The van der Waals surface area contributed by atoms with E-state index in [1.54, 1.807) is 0 Å². The fourth-order valence-corrected chi connectivity index (χ4v) is 1.48. The fraction of sp³-hybridized carbons (Fsp3) is 0.846. The topological polar surface area (TPSA) is 43.4 Å². The number of carbonyl (C=O) groups is 2. The maximum atomic E-state index is 11.2. The van der Waals surface area contributed by atoms with Gasteiger partial charge in [-0.15, -0.1) is 0 Å². The van der Waals surface area contributed by atoms with Gasteiger partial charge in [-0.05, 0) is 12.8 Å². The molecule has 0 aromatic rings. The standard InChI is InChI=1S/C13H24O3/c1-3-5-6-7-8-9-11-13(15)16-12(14)10-4-2/h3-11H2,1-2H3. The highest BCUT2D eigenvalue weighted by atomic mass is 16.6. The predicted octanol–water partition coefficient (Wildman–Crippen LogP) is 3.61. The van der Waals surface area contributed by atoms with E-state index >= 15 is 0 Å². The zero-order chi connectivity index (χ0) is 12.2. The smallest absolute Gasteiger partial charge is 0.313 e. The van der Waals surface area contributed by atoms with Crippen LogP contribution in [0.25, 0.3) is 0 Å². The Bertz CT molecular complexity index is 199. The third kappa shape index (κ3) is 9.69. The average molecular weight is 228 g/mol. The molecule has 0 aliphatic heterocycles. The quantitative estimate of drug-likeness (QED) is 0.344. The van der Waals surface area contributed by atoms with E-state index in [4.69, 9.17) is 0 Å². The molecule has 0 unspecified atom stereocenters. The lowest BCUT2D eigenvalue weighted by atomic mass is 10.1. The first-order valence-corrected chi connectivity index (χ1v) is 6.44. The molecule has 0 heterocycles. The molecule has 0 aromatic carbocycles. The van der Waals surface area contributed by atoms with Crippen LogP contribution in [-0.4, -0.2) is 11.9 Å². The molecule has 0 saturated heterocycles. The molecule has 16 heavy (non-hydrogen) atoms. The zero-order valence-electron chi connectivity index (χ0n) is 10.6. The summed E-state index contributed by atoms with van der Waals surface area (Å²) in [7, 11) is 0. The van der Waals surface area contributed by atoms with Crippen molar-refractivity contribution in [1.29, 1.82) is 0 Å². The van der Waals surface area contributed by atoms with Gasteiger partial charge in [-0.1, -0.05) is 46.0 Å². The molecular weight excluding hydrogens is 204 g/mol. The van der Waals surface area contributed by atoms with Gasteiger partial charge < -0.3 is 4.74 Å². The molecule has 94 valence electrons. The second kappa shape index (κ2) is 10.7. The third-order valence-electron chi connectivity index (χ3n) is 2.42. The molecule has 0 spiro atoms. The Morgan fingerprint density at radius 3 is 1.94 bits per heavy atom. The molecule has 3 heteroatoms. The number of hydrogen-bond donors (Lipinski definition) is 0. The van der Waals surface area contributed by atoms with Gasteiger partial charge in [-0.3, -0.25) is 9.59 Å². The van der Waals surface area contributed by atoms with Crippen molar-refractivity contribution in [1.82, 2.24) is 0 Å². The summed E-state index contributed by atoms with van der Waals surface area (Å²) in [5.74, 6) is -0.757. The van der Waals surface area contributed by atoms with Gasteiger partial charge in [0.05, 0.1) is 0 Å². The number of esters is 2. The van der Waals surface area contributed by atoms with Crippen molar-refractivity contribution in [3.63, 3.8) is 0 Å². The van der Waals surface area contributed by atoms with Crippen molar-refractivity contribution in [2.45, 2.75) is 71.6 Å². The van der Waals surface area contributed by atoms with E-state index in [0.29, 0.717) is 12.8 Å². The molecule has 0 saturated carbocycles. The summed E-state index contributed by atoms with van der Waals surface area (Å²) in [5, 5.41) is 0. The van der Waals surface area contributed by atoms with Crippen LogP contribution in [-0.2, 0) is 14.3 Å². The Morgan fingerprint density at radius 1 is 0.750 bits per heavy atom. The van der Waals surface area contributed by atoms with Crippen LogP contribution < -0.4 is 0 Å². The maximum Gasteiger partial charge on any atom is 0.313 e. The summed E-state index contributed by atoms with van der Waals surface area (Å²) in [6.45, 7) is 4.07. The Kier molecular flexibility index (Phi) is 10.1. The van der Waals surface area contributed by atoms with Crippen LogP contribution in [0.2, 0.25) is 0 Å². The lowest BCUT2D eigenvalue weighted by Gasteiger charge is -2.02. The van der Waals surface area contributed by atoms with E-state index in [0.717, 1.165) is 19.3 Å². The highest BCUT2D eigenvalue weighted by molar-refractivity contribution is 5.85. The lowest BCUT2D eigenvalue weighted by molar-refractivity contribution is -0.159. The molecule has 0 bridgehead atoms. The molecule has 0 radical (unpaired) electrons. The van der Waals surface area contributed by atoms with E-state index in [1.165, 1.54) is 25.7 Å². The predicted molar refractivity (Wildman–Crippen MR) is 64.0 cm³/mol. The van der Waals surface area contributed by atoms with Crippen LogP contribution in [0.15, 0.2) is 0 Å². The number of carbonyl (C=O) groups excluding carboxylic acids is 2. The summed E-state index contributed by atoms with van der Waals surface area (Å²) >= 11 is 0. The van der Waals surface area contributed by atoms with Crippen LogP contribution in [0.1, 0.15) is 71.6 Å². The number of ether oxygens (including phenoxy) is 1. The number of unbranched alkanes of at least 4 members (excludes halogenated alkanes) is 5. The van der Waals surface area contributed by atoms with Gasteiger partial charge >= 0.3 is 11.9 Å². The van der Waals surface area contributed by atoms with Crippen molar-refractivity contribution >= 4 is 11.9 Å². The van der Waals surface area contributed by atoms with Gasteiger partial charge in [0.2, 0.25) is 0 Å². The minimum absolute atomic E-state index is 0.336. The van der Waals surface area contributed by atoms with E-state index in [9.17, 15) is 9.59 Å². The first kappa shape index (κ1) is 15.1. The highest BCUT2D eigenvalue weighted by Gasteiger charge is 2.08. The van der Waals surface area contributed by atoms with E-state index < -0.39 is 5.97 Å². The van der Waals surface area contributed by atoms with Crippen LogP contribution in [0.3, 0.4) is 0 Å². The molecule has 0 aliphatic carbocycles. The molecule has 0 amide bonds. The molecular formula is C13H24O3. The molecule has 0 fully saturated rings. The van der Waals surface area contributed by atoms with Crippen molar-refractivity contribution in [3.05, 3.63) is 0 Å². The summed E-state index contributed by atoms with van der Waals surface area (Å²) in [5.41, 5.74) is 0. The highest BCUT2D eigenvalue weighted by Crippen LogP contribution is 2.07. The largest absolute Gasteiger partial charge is 0.393 e. The van der Waals surface area contributed by atoms with Crippen molar-refractivity contribution in [3.8, 4) is 0 Å². The fourth-order valence-electron chi connectivity index (χ4n) is 1.48. The van der Waals surface area contributed by atoms with E-state index in [2.05, 4.69) is 11.7 Å². The molecule has 0 atom stereocenters. The van der Waals surface area contributed by atoms with Gasteiger partial charge in [-0.2, -0.15) is 0 Å². The monoisotopic (exact) mass is 228 g/mol. The van der Waals surface area contributed by atoms with Gasteiger partial charge in [0.25, 0.3) is 0 Å². The summed E-state index contributed by atoms with van der Waals surface area (Å²) in [6, 6.07) is 0. The van der Waals surface area contributed by atoms with Crippen LogP contribution >= 0.6 is 0 Å². The minimum Gasteiger partial charge on any atom is -0.393 e. The van der Waals surface area contributed by atoms with Crippen molar-refractivity contribution in [2.75, 3.05) is 0 Å². The van der Waals surface area contributed by atoms with Crippen LogP contribution in [0.5, 0.6) is 0 Å². The molecule has 0 aromatic heterocycles. The molecule has 0 rings (SSSR count). The second-order valence-corrected chi connectivity index (χ2v) is 4.11. The third-order valence-corrected chi connectivity index (χ3v) is 2.42. The summed E-state index contributed by atoms with van der Waals surface area (Å²) < 4.78 is 4.64. The van der Waals surface area contributed by atoms with Gasteiger partial charge in [0.1, 0.15) is 0 Å². The number of rotatable bonds is 9. The SMILES string of the molecule is CCCCCCCCC(=O)OC(=O)CCC. The normalized spacial score (nSPS) is 10.1. The van der Waals surface area contributed by atoms with E-state index in [1.807, 2.05) is 6.92 Å².